The summed E-state index contributed by atoms with van der Waals surface area (Å²) >= 11 is 0. The molecule has 3 fully saturated rings. The van der Waals surface area contributed by atoms with Crippen LogP contribution in [-0.2, 0) is 14.2 Å². The van der Waals surface area contributed by atoms with E-state index in [4.69, 9.17) is 14.2 Å². The first-order valence-corrected chi connectivity index (χ1v) is 20.8. The Morgan fingerprint density at radius 2 is 1.36 bits per heavy atom. The van der Waals surface area contributed by atoms with Crippen LogP contribution in [0, 0.1) is 0 Å². The molecule has 1 aromatic rings. The third-order valence-corrected chi connectivity index (χ3v) is 20.2. The number of rotatable bonds is 8. The number of benzene rings is 1. The van der Waals surface area contributed by atoms with Gasteiger partial charge in [0.25, 0.3) is 0 Å². The van der Waals surface area contributed by atoms with Crippen molar-refractivity contribution in [2.24, 2.45) is 0 Å². The maximum absolute atomic E-state index is 7.19. The fraction of sp³-hybridized carbons (Fsp3) is 0.704. The molecule has 0 spiro atoms. The molecule has 0 radical (unpaired) electrons. The highest BCUT2D eigenvalue weighted by atomic mass is 28.3. The molecule has 3 aliphatic rings. The molecule has 0 N–H and O–H groups in total. The molecule has 3 heterocycles. The first kappa shape index (κ1) is 25.6. The van der Waals surface area contributed by atoms with Gasteiger partial charge in [-0.2, -0.15) is 0 Å². The van der Waals surface area contributed by atoms with Crippen LogP contribution in [0.2, 0.25) is 25.7 Å². The van der Waals surface area contributed by atoms with E-state index >= 15 is 0 Å². The van der Waals surface area contributed by atoms with Gasteiger partial charge in [-0.15, -0.1) is 12.3 Å². The molecule has 3 aliphatic heterocycles. The average Bonchev–Trinajstić information content (AvgIpc) is 2.88. The smallest absolute Gasteiger partial charge is 0.114 e. The summed E-state index contributed by atoms with van der Waals surface area (Å²) in [7, 11) is -4.11. The second kappa shape index (κ2) is 11.0. The van der Waals surface area contributed by atoms with Gasteiger partial charge in [-0.1, -0.05) is 55.2 Å². The molecule has 5 atom stereocenters. The van der Waals surface area contributed by atoms with Crippen LogP contribution in [0.3, 0.4) is 0 Å². The van der Waals surface area contributed by atoms with Crippen LogP contribution in [-0.4, -0.2) is 61.9 Å². The summed E-state index contributed by atoms with van der Waals surface area (Å²) < 4.78 is 21.0. The van der Waals surface area contributed by atoms with E-state index in [0.29, 0.717) is 0 Å². The van der Waals surface area contributed by atoms with E-state index in [1.165, 1.54) is 63.8 Å². The van der Waals surface area contributed by atoms with Crippen LogP contribution in [0.15, 0.2) is 42.6 Å². The molecule has 0 amide bonds. The van der Waals surface area contributed by atoms with Gasteiger partial charge in [-0.25, -0.2) is 0 Å². The number of hydrogen-bond donors (Lipinski definition) is 0. The normalized spacial score (nSPS) is 35.2. The maximum atomic E-state index is 7.19. The van der Waals surface area contributed by atoms with E-state index < -0.39 is 26.4 Å². The number of hydrogen-bond acceptors (Lipinski definition) is 3. The van der Waals surface area contributed by atoms with Crippen LogP contribution in [0.25, 0.3) is 0 Å². The Labute approximate surface area is 207 Å². The molecule has 3 saturated heterocycles. The summed E-state index contributed by atoms with van der Waals surface area (Å²) in [5, 5.41) is 1.42. The third-order valence-electron chi connectivity index (χ3n) is 9.13. The highest BCUT2D eigenvalue weighted by molar-refractivity contribution is 6.80. The van der Waals surface area contributed by atoms with Gasteiger partial charge in [0.1, 0.15) is 8.80 Å². The van der Waals surface area contributed by atoms with E-state index in [-0.39, 0.29) is 15.7 Å². The van der Waals surface area contributed by atoms with E-state index in [9.17, 15) is 0 Å². The molecule has 1 aromatic carbocycles. The molecule has 3 nitrogen and oxygen atoms in total. The van der Waals surface area contributed by atoms with E-state index in [1.54, 1.807) is 5.19 Å². The minimum atomic E-state index is -1.67. The first-order valence-electron chi connectivity index (χ1n) is 13.6. The lowest BCUT2D eigenvalue weighted by Crippen LogP contribution is -2.76. The summed E-state index contributed by atoms with van der Waals surface area (Å²) in [5.41, 5.74) is 2.28. The minimum Gasteiger partial charge on any atom is -0.379 e. The SMILES string of the molecule is C=C[SiH](C)C1(C[SiH](c2ccccc2)C2(C3([SiH](C)C)CCCCO3)CCCCO2)CCCCO1. The quantitative estimate of drug-likeness (QED) is 0.485. The van der Waals surface area contributed by atoms with Crippen molar-refractivity contribution in [3.63, 3.8) is 0 Å². The topological polar surface area (TPSA) is 27.7 Å². The van der Waals surface area contributed by atoms with Crippen molar-refractivity contribution in [1.29, 1.82) is 0 Å². The standard InChI is InChI=1S/C27H46O3Si3/c1-5-32(4)25(17-9-12-20-28-25)23-33(24-15-7-6-8-16-24)27(19-11-14-22-30-27)26(31(2)3)18-10-13-21-29-26/h5-8,15-16,31-33H,1,9-14,17-23H2,2-4H3. The zero-order valence-electron chi connectivity index (χ0n) is 21.3. The van der Waals surface area contributed by atoms with Crippen molar-refractivity contribution >= 4 is 31.6 Å². The second-order valence-corrected chi connectivity index (χ2v) is 20.6. The van der Waals surface area contributed by atoms with Gasteiger partial charge in [0.2, 0.25) is 0 Å². The van der Waals surface area contributed by atoms with Gasteiger partial charge in [0.15, 0.2) is 0 Å². The predicted molar refractivity (Wildman–Crippen MR) is 148 cm³/mol. The van der Waals surface area contributed by atoms with Crippen molar-refractivity contribution in [1.82, 2.24) is 0 Å². The third kappa shape index (κ3) is 4.81. The summed E-state index contributed by atoms with van der Waals surface area (Å²) in [4.78, 5) is 0. The molecular weight excluding hydrogens is 457 g/mol. The van der Waals surface area contributed by atoms with Crippen LogP contribution < -0.4 is 5.19 Å². The molecule has 0 saturated carbocycles. The molecule has 4 rings (SSSR count). The van der Waals surface area contributed by atoms with Gasteiger partial charge < -0.3 is 14.2 Å². The molecule has 5 unspecified atom stereocenters. The van der Waals surface area contributed by atoms with Crippen LogP contribution in [0.1, 0.15) is 57.8 Å². The van der Waals surface area contributed by atoms with E-state index in [0.717, 1.165) is 19.8 Å². The highest BCUT2D eigenvalue weighted by Crippen LogP contribution is 2.48. The maximum Gasteiger partial charge on any atom is 0.114 e. The van der Waals surface area contributed by atoms with E-state index in [1.807, 2.05) is 0 Å². The minimum absolute atomic E-state index is 0.0227. The van der Waals surface area contributed by atoms with Gasteiger partial charge in [0.05, 0.1) is 33.3 Å². The fourth-order valence-corrected chi connectivity index (χ4v) is 19.4. The molecule has 33 heavy (non-hydrogen) atoms. The predicted octanol–water partition coefficient (Wildman–Crippen LogP) is 4.63. The van der Waals surface area contributed by atoms with Crippen molar-refractivity contribution in [3.05, 3.63) is 42.6 Å². The average molecular weight is 503 g/mol. The van der Waals surface area contributed by atoms with Gasteiger partial charge in [-0.3, -0.25) is 0 Å². The van der Waals surface area contributed by atoms with Crippen LogP contribution in [0.4, 0.5) is 0 Å². The van der Waals surface area contributed by atoms with Gasteiger partial charge in [0, 0.05) is 19.8 Å². The lowest BCUT2D eigenvalue weighted by molar-refractivity contribution is -0.165. The van der Waals surface area contributed by atoms with Crippen molar-refractivity contribution in [2.45, 2.75) is 99.1 Å². The fourth-order valence-electron chi connectivity index (χ4n) is 7.19. The Hall–Kier alpha value is -0.509. The van der Waals surface area contributed by atoms with Crippen molar-refractivity contribution < 1.29 is 14.2 Å². The molecule has 0 bridgehead atoms. The Balaban J connectivity index is 1.86. The second-order valence-electron chi connectivity index (χ2n) is 11.1. The highest BCUT2D eigenvalue weighted by Gasteiger charge is 2.62. The summed E-state index contributed by atoms with van der Waals surface area (Å²) in [6.45, 7) is 14.5. The Kier molecular flexibility index (Phi) is 8.56. The summed E-state index contributed by atoms with van der Waals surface area (Å²) in [5.74, 6) is 0. The lowest BCUT2D eigenvalue weighted by Gasteiger charge is -2.59. The lowest BCUT2D eigenvalue weighted by atomic mass is 9.96. The zero-order valence-corrected chi connectivity index (χ0v) is 24.8. The Morgan fingerprint density at radius 3 is 1.85 bits per heavy atom. The Bertz CT molecular complexity index is 751. The molecule has 184 valence electrons. The zero-order chi connectivity index (χ0) is 23.4. The van der Waals surface area contributed by atoms with Crippen molar-refractivity contribution in [3.8, 4) is 0 Å². The largest absolute Gasteiger partial charge is 0.379 e. The van der Waals surface area contributed by atoms with E-state index in [2.05, 4.69) is 62.3 Å². The Morgan fingerprint density at radius 1 is 0.788 bits per heavy atom. The summed E-state index contributed by atoms with van der Waals surface area (Å²) in [6.07, 6.45) is 11.0. The van der Waals surface area contributed by atoms with Crippen molar-refractivity contribution in [2.75, 3.05) is 19.8 Å². The summed E-state index contributed by atoms with van der Waals surface area (Å²) in [6, 6.07) is 12.7. The monoisotopic (exact) mass is 502 g/mol. The van der Waals surface area contributed by atoms with Gasteiger partial charge >= 0.3 is 0 Å². The first-order chi connectivity index (χ1) is 16.0. The molecule has 6 heteroatoms. The molecule has 0 aromatic heterocycles. The molecular formula is C27H46O3Si3. The molecule has 0 aliphatic carbocycles. The number of ether oxygens (including phenoxy) is 3. The van der Waals surface area contributed by atoms with Crippen LogP contribution >= 0.6 is 0 Å². The van der Waals surface area contributed by atoms with Gasteiger partial charge in [-0.05, 0) is 63.8 Å². The van der Waals surface area contributed by atoms with Crippen LogP contribution in [0.5, 0.6) is 0 Å².